The molecular formula is C28H25N3O3S. The molecule has 3 aromatic carbocycles. The third-order valence-corrected chi connectivity index (χ3v) is 6.98. The summed E-state index contributed by atoms with van der Waals surface area (Å²) in [6.07, 6.45) is 1.35. The van der Waals surface area contributed by atoms with Gasteiger partial charge >= 0.3 is 0 Å². The highest BCUT2D eigenvalue weighted by Gasteiger charge is 2.40. The van der Waals surface area contributed by atoms with Gasteiger partial charge in [0, 0.05) is 11.4 Å². The summed E-state index contributed by atoms with van der Waals surface area (Å²) < 4.78 is 5.22. The third kappa shape index (κ3) is 5.39. The first kappa shape index (κ1) is 24.1. The van der Waals surface area contributed by atoms with Crippen LogP contribution in [0.2, 0.25) is 0 Å². The molecule has 1 aliphatic rings. The van der Waals surface area contributed by atoms with Gasteiger partial charge in [-0.25, -0.2) is 0 Å². The van der Waals surface area contributed by atoms with Gasteiger partial charge < -0.3 is 10.1 Å². The van der Waals surface area contributed by atoms with Crippen LogP contribution < -0.4 is 15.0 Å². The Bertz CT molecular complexity index is 1280. The van der Waals surface area contributed by atoms with Crippen LogP contribution in [0, 0.1) is 11.3 Å². The van der Waals surface area contributed by atoms with Gasteiger partial charge in [0.25, 0.3) is 5.91 Å². The number of nitrogens with zero attached hydrogens (tertiary/aromatic N) is 2. The fraction of sp³-hybridized carbons (Fsp3) is 0.179. The van der Waals surface area contributed by atoms with Gasteiger partial charge in [-0.2, -0.15) is 5.26 Å². The molecule has 6 nitrogen and oxygen atoms in total. The van der Waals surface area contributed by atoms with Crippen LogP contribution >= 0.6 is 11.8 Å². The lowest BCUT2D eigenvalue weighted by Gasteiger charge is -2.18. The fourth-order valence-corrected chi connectivity index (χ4v) is 5.10. The minimum absolute atomic E-state index is 0.0935. The number of anilines is 2. The number of hydrogen-bond acceptors (Lipinski definition) is 5. The van der Waals surface area contributed by atoms with Crippen LogP contribution in [0.4, 0.5) is 11.4 Å². The summed E-state index contributed by atoms with van der Waals surface area (Å²) in [5, 5.41) is 12.6. The molecule has 0 bridgehead atoms. The van der Waals surface area contributed by atoms with Crippen LogP contribution in [0.5, 0.6) is 5.75 Å². The summed E-state index contributed by atoms with van der Waals surface area (Å²) in [6.45, 7) is 2.06. The molecule has 3 aromatic rings. The molecule has 0 saturated carbocycles. The molecule has 0 aromatic heterocycles. The second-order valence-corrected chi connectivity index (χ2v) is 9.16. The van der Waals surface area contributed by atoms with E-state index in [9.17, 15) is 14.9 Å². The number of methoxy groups -OCH3 is 1. The highest BCUT2D eigenvalue weighted by Crippen LogP contribution is 2.42. The van der Waals surface area contributed by atoms with Crippen molar-refractivity contribution in [3.8, 4) is 11.8 Å². The van der Waals surface area contributed by atoms with E-state index >= 15 is 0 Å². The predicted molar refractivity (Wildman–Crippen MR) is 139 cm³/mol. The Morgan fingerprint density at radius 3 is 2.29 bits per heavy atom. The SMILES string of the molecule is CCc1ccc(NC(=O)/C(C#N)=C2/S[C@@H](Cc3ccc(OC)cc3)C(=O)N2c2ccccc2)cc1. The zero-order chi connectivity index (χ0) is 24.8. The first-order chi connectivity index (χ1) is 17.0. The number of para-hydroxylation sites is 1. The quantitative estimate of drug-likeness (QED) is 0.363. The molecule has 1 atom stereocenters. The van der Waals surface area contributed by atoms with Gasteiger partial charge in [0.15, 0.2) is 0 Å². The number of amides is 2. The summed E-state index contributed by atoms with van der Waals surface area (Å²) in [7, 11) is 1.60. The molecular weight excluding hydrogens is 458 g/mol. The van der Waals surface area contributed by atoms with Gasteiger partial charge in [-0.3, -0.25) is 14.5 Å². The highest BCUT2D eigenvalue weighted by molar-refractivity contribution is 8.05. The van der Waals surface area contributed by atoms with Crippen molar-refractivity contribution in [1.82, 2.24) is 0 Å². The Labute approximate surface area is 209 Å². The van der Waals surface area contributed by atoms with Crippen LogP contribution in [0.15, 0.2) is 89.5 Å². The van der Waals surface area contributed by atoms with Gasteiger partial charge in [-0.15, -0.1) is 0 Å². The Morgan fingerprint density at radius 2 is 1.69 bits per heavy atom. The lowest BCUT2D eigenvalue weighted by atomic mass is 10.1. The van der Waals surface area contributed by atoms with Crippen molar-refractivity contribution in [3.63, 3.8) is 0 Å². The average molecular weight is 484 g/mol. The minimum atomic E-state index is -0.543. The summed E-state index contributed by atoms with van der Waals surface area (Å²) in [5.41, 5.74) is 3.23. The monoisotopic (exact) mass is 483 g/mol. The molecule has 0 radical (unpaired) electrons. The molecule has 2 amide bonds. The minimum Gasteiger partial charge on any atom is -0.497 e. The van der Waals surface area contributed by atoms with Gasteiger partial charge in [0.2, 0.25) is 5.91 Å². The number of carbonyl (C=O) groups excluding carboxylic acids is 2. The molecule has 1 aliphatic heterocycles. The number of aryl methyl sites for hydroxylation is 1. The number of nitrogens with one attached hydrogen (secondary N) is 1. The van der Waals surface area contributed by atoms with Crippen molar-refractivity contribution in [2.24, 2.45) is 0 Å². The lowest BCUT2D eigenvalue weighted by Crippen LogP contribution is -2.30. The summed E-state index contributed by atoms with van der Waals surface area (Å²) in [4.78, 5) is 28.2. The standard InChI is InChI=1S/C28H25N3O3S/c1-3-19-9-13-21(14-10-19)30-26(32)24(18-29)28-31(22-7-5-4-6-8-22)27(33)25(35-28)17-20-11-15-23(34-2)16-12-20/h4-16,25H,3,17H2,1-2H3,(H,30,32)/b28-24+/t25-/m0/s1. The number of benzene rings is 3. The van der Waals surface area contributed by atoms with Crippen LogP contribution in [-0.2, 0) is 22.4 Å². The average Bonchev–Trinajstić information content (AvgIpc) is 3.21. The van der Waals surface area contributed by atoms with Gasteiger partial charge in [-0.1, -0.05) is 61.2 Å². The van der Waals surface area contributed by atoms with E-state index in [1.165, 1.54) is 16.7 Å². The number of ether oxygens (including phenoxy) is 1. The summed E-state index contributed by atoms with van der Waals surface area (Å²) in [6, 6.07) is 26.2. The molecule has 1 heterocycles. The first-order valence-corrected chi connectivity index (χ1v) is 12.1. The second kappa shape index (κ2) is 10.9. The molecule has 0 aliphatic carbocycles. The third-order valence-electron chi connectivity index (χ3n) is 5.72. The summed E-state index contributed by atoms with van der Waals surface area (Å²) in [5.74, 6) is 0.0269. The Balaban J connectivity index is 1.66. The molecule has 0 spiro atoms. The molecule has 7 heteroatoms. The van der Waals surface area contributed by atoms with E-state index in [0.29, 0.717) is 22.8 Å². The van der Waals surface area contributed by atoms with Gasteiger partial charge in [0.1, 0.15) is 22.4 Å². The molecule has 176 valence electrons. The molecule has 1 saturated heterocycles. The van der Waals surface area contributed by atoms with E-state index in [1.807, 2.05) is 72.8 Å². The number of hydrogen-bond donors (Lipinski definition) is 1. The Hall–Kier alpha value is -4.02. The van der Waals surface area contributed by atoms with E-state index in [4.69, 9.17) is 4.74 Å². The van der Waals surface area contributed by atoms with Crippen LogP contribution in [-0.4, -0.2) is 24.2 Å². The van der Waals surface area contributed by atoms with E-state index < -0.39 is 11.2 Å². The van der Waals surface area contributed by atoms with Crippen molar-refractivity contribution in [1.29, 1.82) is 5.26 Å². The van der Waals surface area contributed by atoms with Crippen LogP contribution in [0.25, 0.3) is 0 Å². The lowest BCUT2D eigenvalue weighted by molar-refractivity contribution is -0.117. The molecule has 35 heavy (non-hydrogen) atoms. The van der Waals surface area contributed by atoms with Crippen molar-refractivity contribution in [2.45, 2.75) is 25.0 Å². The maximum Gasteiger partial charge on any atom is 0.269 e. The number of thioether (sulfide) groups is 1. The van der Waals surface area contributed by atoms with E-state index in [2.05, 4.69) is 12.2 Å². The van der Waals surface area contributed by atoms with Crippen molar-refractivity contribution >= 4 is 35.0 Å². The predicted octanol–water partition coefficient (Wildman–Crippen LogP) is 5.32. The number of carbonyl (C=O) groups is 2. The normalized spacial score (nSPS) is 16.5. The van der Waals surface area contributed by atoms with Gasteiger partial charge in [-0.05, 0) is 60.4 Å². The molecule has 0 unspecified atom stereocenters. The van der Waals surface area contributed by atoms with E-state index in [0.717, 1.165) is 23.3 Å². The number of rotatable bonds is 7. The largest absolute Gasteiger partial charge is 0.497 e. The van der Waals surface area contributed by atoms with Crippen LogP contribution in [0.3, 0.4) is 0 Å². The Kier molecular flexibility index (Phi) is 7.54. The first-order valence-electron chi connectivity index (χ1n) is 11.3. The maximum atomic E-state index is 13.5. The highest BCUT2D eigenvalue weighted by atomic mass is 32.2. The zero-order valence-corrected chi connectivity index (χ0v) is 20.3. The second-order valence-electron chi connectivity index (χ2n) is 7.96. The van der Waals surface area contributed by atoms with Crippen molar-refractivity contribution in [2.75, 3.05) is 17.3 Å². The van der Waals surface area contributed by atoms with E-state index in [1.54, 1.807) is 19.2 Å². The number of nitriles is 1. The molecule has 1 fully saturated rings. The van der Waals surface area contributed by atoms with Gasteiger partial charge in [0.05, 0.1) is 12.4 Å². The summed E-state index contributed by atoms with van der Waals surface area (Å²) >= 11 is 1.25. The van der Waals surface area contributed by atoms with Crippen molar-refractivity contribution in [3.05, 3.63) is 101 Å². The molecule has 4 rings (SSSR count). The van der Waals surface area contributed by atoms with Crippen LogP contribution in [0.1, 0.15) is 18.1 Å². The molecule has 1 N–H and O–H groups in total. The van der Waals surface area contributed by atoms with E-state index in [-0.39, 0.29) is 11.5 Å². The van der Waals surface area contributed by atoms with Crippen molar-refractivity contribution < 1.29 is 14.3 Å². The Morgan fingerprint density at radius 1 is 1.03 bits per heavy atom. The smallest absolute Gasteiger partial charge is 0.269 e. The zero-order valence-electron chi connectivity index (χ0n) is 19.5. The fourth-order valence-electron chi connectivity index (χ4n) is 3.79. The topological polar surface area (TPSA) is 82.4 Å². The maximum absolute atomic E-state index is 13.5.